The van der Waals surface area contributed by atoms with Crippen molar-refractivity contribution in [2.45, 2.75) is 58.5 Å². The van der Waals surface area contributed by atoms with E-state index in [-0.39, 0.29) is 5.54 Å². The van der Waals surface area contributed by atoms with E-state index in [1.165, 1.54) is 30.5 Å². The van der Waals surface area contributed by atoms with Crippen LogP contribution in [0.1, 0.15) is 46.1 Å². The number of hydrogen-bond acceptors (Lipinski definition) is 2. The van der Waals surface area contributed by atoms with Gasteiger partial charge in [0, 0.05) is 17.3 Å². The smallest absolute Gasteiger partial charge is 0.0342 e. The number of hydrogen-bond donors (Lipinski definition) is 2. The lowest BCUT2D eigenvalue weighted by atomic mass is 9.89. The summed E-state index contributed by atoms with van der Waals surface area (Å²) in [6, 6.07) is 9.56. The van der Waals surface area contributed by atoms with Crippen LogP contribution in [-0.2, 0) is 6.42 Å². The zero-order valence-corrected chi connectivity index (χ0v) is 12.8. The first-order valence-electron chi connectivity index (χ1n) is 7.55. The lowest BCUT2D eigenvalue weighted by Crippen LogP contribution is -2.49. The summed E-state index contributed by atoms with van der Waals surface area (Å²) in [5, 5.41) is 7.24. The average Bonchev–Trinajstić information content (AvgIpc) is 2.30. The highest BCUT2D eigenvalue weighted by atomic mass is 15.0. The number of rotatable bonds is 4. The van der Waals surface area contributed by atoms with E-state index in [1.807, 2.05) is 0 Å². The van der Waals surface area contributed by atoms with Gasteiger partial charge < -0.3 is 10.6 Å². The third kappa shape index (κ3) is 4.54. The zero-order chi connectivity index (χ0) is 13.9. The number of piperidine rings is 1. The van der Waals surface area contributed by atoms with Gasteiger partial charge in [-0.2, -0.15) is 0 Å². The van der Waals surface area contributed by atoms with Crippen molar-refractivity contribution in [3.05, 3.63) is 29.8 Å². The molecule has 2 rings (SSSR count). The van der Waals surface area contributed by atoms with Gasteiger partial charge in [-0.1, -0.05) is 26.0 Å². The molecule has 1 aromatic carbocycles. The van der Waals surface area contributed by atoms with Crippen LogP contribution in [-0.4, -0.2) is 18.1 Å². The van der Waals surface area contributed by atoms with E-state index in [9.17, 15) is 0 Å². The molecular formula is C17H28N2. The molecule has 0 aliphatic carbocycles. The second-order valence-corrected chi connectivity index (χ2v) is 6.94. The van der Waals surface area contributed by atoms with Crippen molar-refractivity contribution in [2.75, 3.05) is 11.9 Å². The normalized spacial score (nSPS) is 22.5. The maximum atomic E-state index is 3.68. The van der Waals surface area contributed by atoms with Gasteiger partial charge in [-0.15, -0.1) is 0 Å². The van der Waals surface area contributed by atoms with E-state index >= 15 is 0 Å². The van der Waals surface area contributed by atoms with Crippen molar-refractivity contribution in [2.24, 2.45) is 5.92 Å². The summed E-state index contributed by atoms with van der Waals surface area (Å²) in [6.07, 6.45) is 3.55. The highest BCUT2D eigenvalue weighted by molar-refractivity contribution is 5.45. The van der Waals surface area contributed by atoms with Crippen LogP contribution in [0.5, 0.6) is 0 Å². The molecule has 0 saturated carbocycles. The molecular weight excluding hydrogens is 232 g/mol. The van der Waals surface area contributed by atoms with Crippen LogP contribution in [0.25, 0.3) is 0 Å². The molecule has 1 aromatic rings. The highest BCUT2D eigenvalue weighted by Gasteiger charge is 2.27. The Balaban J connectivity index is 1.92. The fraction of sp³-hybridized carbons (Fsp3) is 0.647. The lowest BCUT2D eigenvalue weighted by Gasteiger charge is -2.37. The first-order chi connectivity index (χ1) is 8.94. The molecule has 19 heavy (non-hydrogen) atoms. The van der Waals surface area contributed by atoms with Crippen LogP contribution in [0, 0.1) is 5.92 Å². The van der Waals surface area contributed by atoms with Gasteiger partial charge in [-0.3, -0.25) is 0 Å². The Hall–Kier alpha value is -1.02. The van der Waals surface area contributed by atoms with E-state index in [2.05, 4.69) is 62.6 Å². The molecule has 1 saturated heterocycles. The summed E-state index contributed by atoms with van der Waals surface area (Å²) in [4.78, 5) is 0. The monoisotopic (exact) mass is 260 g/mol. The first-order valence-corrected chi connectivity index (χ1v) is 7.55. The molecule has 2 nitrogen and oxygen atoms in total. The van der Waals surface area contributed by atoms with Gasteiger partial charge in [0.1, 0.15) is 0 Å². The van der Waals surface area contributed by atoms with Gasteiger partial charge in [-0.05, 0) is 63.3 Å². The Morgan fingerprint density at radius 3 is 2.53 bits per heavy atom. The molecule has 1 aliphatic rings. The van der Waals surface area contributed by atoms with E-state index in [0.29, 0.717) is 6.04 Å². The molecule has 0 bridgehead atoms. The molecule has 1 heterocycles. The largest absolute Gasteiger partial charge is 0.382 e. The Bertz CT molecular complexity index is 392. The minimum Gasteiger partial charge on any atom is -0.382 e. The van der Waals surface area contributed by atoms with Crippen molar-refractivity contribution >= 4 is 5.69 Å². The Labute approximate surface area is 118 Å². The molecule has 2 N–H and O–H groups in total. The molecule has 106 valence electrons. The van der Waals surface area contributed by atoms with Crippen molar-refractivity contribution < 1.29 is 0 Å². The standard InChI is InChI=1S/C17H28N2/c1-13(2)11-14-5-7-15(8-6-14)19-16-9-10-18-17(3,4)12-16/h5-8,13,16,18-19H,9-12H2,1-4H3. The lowest BCUT2D eigenvalue weighted by molar-refractivity contribution is 0.286. The van der Waals surface area contributed by atoms with Crippen molar-refractivity contribution in [1.29, 1.82) is 0 Å². The van der Waals surface area contributed by atoms with E-state index in [1.54, 1.807) is 0 Å². The average molecular weight is 260 g/mol. The second kappa shape index (κ2) is 5.96. The quantitative estimate of drug-likeness (QED) is 0.860. The predicted molar refractivity (Wildman–Crippen MR) is 83.7 cm³/mol. The maximum absolute atomic E-state index is 3.68. The molecule has 2 heteroatoms. The Kier molecular flexibility index (Phi) is 4.51. The van der Waals surface area contributed by atoms with Crippen LogP contribution in [0.4, 0.5) is 5.69 Å². The van der Waals surface area contributed by atoms with Crippen molar-refractivity contribution in [3.8, 4) is 0 Å². The summed E-state index contributed by atoms with van der Waals surface area (Å²) < 4.78 is 0. The van der Waals surface area contributed by atoms with E-state index in [4.69, 9.17) is 0 Å². The van der Waals surface area contributed by atoms with Crippen LogP contribution >= 0.6 is 0 Å². The molecule has 0 aromatic heterocycles. The van der Waals surface area contributed by atoms with Crippen molar-refractivity contribution in [3.63, 3.8) is 0 Å². The van der Waals surface area contributed by atoms with Gasteiger partial charge in [0.25, 0.3) is 0 Å². The van der Waals surface area contributed by atoms with Gasteiger partial charge in [0.05, 0.1) is 0 Å². The Morgan fingerprint density at radius 2 is 1.95 bits per heavy atom. The van der Waals surface area contributed by atoms with Crippen LogP contribution in [0.2, 0.25) is 0 Å². The van der Waals surface area contributed by atoms with Crippen LogP contribution < -0.4 is 10.6 Å². The fourth-order valence-corrected chi connectivity index (χ4v) is 2.94. The number of anilines is 1. The van der Waals surface area contributed by atoms with Crippen LogP contribution in [0.3, 0.4) is 0 Å². The minimum atomic E-state index is 0.257. The van der Waals surface area contributed by atoms with E-state index in [0.717, 1.165) is 12.5 Å². The topological polar surface area (TPSA) is 24.1 Å². The number of benzene rings is 1. The Morgan fingerprint density at radius 1 is 1.26 bits per heavy atom. The van der Waals surface area contributed by atoms with Crippen molar-refractivity contribution in [1.82, 2.24) is 5.32 Å². The SMILES string of the molecule is CC(C)Cc1ccc(NC2CCNC(C)(C)C2)cc1. The molecule has 1 unspecified atom stereocenters. The van der Waals surface area contributed by atoms with Gasteiger partial charge in [0.15, 0.2) is 0 Å². The summed E-state index contributed by atoms with van der Waals surface area (Å²) in [6.45, 7) is 10.2. The molecule has 0 amide bonds. The third-order valence-corrected chi connectivity index (χ3v) is 3.82. The zero-order valence-electron chi connectivity index (χ0n) is 12.8. The second-order valence-electron chi connectivity index (χ2n) is 6.94. The van der Waals surface area contributed by atoms with Crippen LogP contribution in [0.15, 0.2) is 24.3 Å². The first kappa shape index (κ1) is 14.4. The molecule has 0 spiro atoms. The fourth-order valence-electron chi connectivity index (χ4n) is 2.94. The molecule has 1 fully saturated rings. The third-order valence-electron chi connectivity index (χ3n) is 3.82. The number of nitrogens with one attached hydrogen (secondary N) is 2. The predicted octanol–water partition coefficient (Wildman–Crippen LogP) is 3.83. The van der Waals surface area contributed by atoms with Gasteiger partial charge in [-0.25, -0.2) is 0 Å². The summed E-state index contributed by atoms with van der Waals surface area (Å²) >= 11 is 0. The van der Waals surface area contributed by atoms with Gasteiger partial charge in [0.2, 0.25) is 0 Å². The summed E-state index contributed by atoms with van der Waals surface area (Å²) in [7, 11) is 0. The van der Waals surface area contributed by atoms with E-state index < -0.39 is 0 Å². The summed E-state index contributed by atoms with van der Waals surface area (Å²) in [5.41, 5.74) is 2.95. The van der Waals surface area contributed by atoms with Gasteiger partial charge >= 0.3 is 0 Å². The summed E-state index contributed by atoms with van der Waals surface area (Å²) in [5.74, 6) is 0.726. The molecule has 1 atom stereocenters. The molecule has 1 aliphatic heterocycles. The minimum absolute atomic E-state index is 0.257. The maximum Gasteiger partial charge on any atom is 0.0342 e. The molecule has 0 radical (unpaired) electrons. The highest BCUT2D eigenvalue weighted by Crippen LogP contribution is 2.22.